The molecule has 0 atom stereocenters. The highest BCUT2D eigenvalue weighted by molar-refractivity contribution is 14.0. The van der Waals surface area contributed by atoms with Gasteiger partial charge in [0, 0.05) is 38.9 Å². The van der Waals surface area contributed by atoms with Crippen molar-refractivity contribution < 1.29 is 13.9 Å². The Kier molecular flexibility index (Phi) is 10.5. The molecule has 1 saturated heterocycles. The average molecular weight is 508 g/mol. The number of hydrogen-bond donors (Lipinski definition) is 1. The van der Waals surface area contributed by atoms with Gasteiger partial charge in [0.1, 0.15) is 0 Å². The minimum absolute atomic E-state index is 0. The summed E-state index contributed by atoms with van der Waals surface area (Å²) in [5.41, 5.74) is 0.890. The van der Waals surface area contributed by atoms with Crippen molar-refractivity contribution in [2.45, 2.75) is 31.8 Å². The first-order valence-corrected chi connectivity index (χ1v) is 9.49. The molecule has 0 amide bonds. The van der Waals surface area contributed by atoms with Crippen LogP contribution >= 0.6 is 24.0 Å². The molecule has 1 aliphatic heterocycles. The van der Waals surface area contributed by atoms with E-state index in [2.05, 4.69) is 24.3 Å². The minimum atomic E-state index is -0.348. The van der Waals surface area contributed by atoms with Gasteiger partial charge in [-0.25, -0.2) is 4.39 Å². The van der Waals surface area contributed by atoms with Gasteiger partial charge in [0.05, 0.1) is 13.7 Å². The normalized spacial score (nSPS) is 16.5. The number of aliphatic imine (C=N–C) groups is 1. The molecule has 1 aliphatic rings. The van der Waals surface area contributed by atoms with Gasteiger partial charge in [0.2, 0.25) is 0 Å². The van der Waals surface area contributed by atoms with Gasteiger partial charge in [-0.15, -0.1) is 24.0 Å². The fourth-order valence-electron chi connectivity index (χ4n) is 3.35. The maximum Gasteiger partial charge on any atom is 0.194 e. The third-order valence-electron chi connectivity index (χ3n) is 5.23. The molecule has 8 heteroatoms. The van der Waals surface area contributed by atoms with Gasteiger partial charge < -0.3 is 24.6 Å². The lowest BCUT2D eigenvalue weighted by atomic mass is 9.89. The highest BCUT2D eigenvalue weighted by Gasteiger charge is 2.34. The van der Waals surface area contributed by atoms with Crippen molar-refractivity contribution in [3.05, 3.63) is 29.6 Å². The second-order valence-corrected chi connectivity index (χ2v) is 7.23. The van der Waals surface area contributed by atoms with Crippen LogP contribution < -0.4 is 10.1 Å². The average Bonchev–Trinajstić information content (AvgIpc) is 2.65. The number of nitrogens with zero attached hydrogens (tertiary/aromatic N) is 3. The summed E-state index contributed by atoms with van der Waals surface area (Å²) in [6.45, 7) is 5.62. The molecule has 0 bridgehead atoms. The van der Waals surface area contributed by atoms with Crippen LogP contribution in [0.2, 0.25) is 0 Å². The standard InChI is InChI=1S/C20H33FN4O2.HI/c1-6-22-19(23-15-20(24(2)3)9-11-27-12-10-20)25(4)14-16-7-8-18(26-5)17(21)13-16;/h7-8,13H,6,9-12,14-15H2,1-5H3,(H,22,23);1H. The van der Waals surface area contributed by atoms with Crippen LogP contribution in [0.1, 0.15) is 25.3 Å². The Labute approximate surface area is 185 Å². The van der Waals surface area contributed by atoms with E-state index >= 15 is 0 Å². The Bertz CT molecular complexity index is 637. The van der Waals surface area contributed by atoms with Crippen LogP contribution in [-0.2, 0) is 11.3 Å². The summed E-state index contributed by atoms with van der Waals surface area (Å²) in [6.07, 6.45) is 1.94. The van der Waals surface area contributed by atoms with Crippen molar-refractivity contribution in [1.29, 1.82) is 0 Å². The number of nitrogens with one attached hydrogen (secondary N) is 1. The number of guanidine groups is 1. The number of rotatable bonds is 7. The molecule has 1 N–H and O–H groups in total. The highest BCUT2D eigenvalue weighted by atomic mass is 127. The Morgan fingerprint density at radius 2 is 1.96 bits per heavy atom. The number of methoxy groups -OCH3 is 1. The minimum Gasteiger partial charge on any atom is -0.494 e. The Balaban J connectivity index is 0.00000392. The predicted molar refractivity (Wildman–Crippen MR) is 122 cm³/mol. The van der Waals surface area contributed by atoms with Crippen molar-refractivity contribution in [3.8, 4) is 5.75 Å². The molecule has 1 heterocycles. The number of hydrogen-bond acceptors (Lipinski definition) is 4. The summed E-state index contributed by atoms with van der Waals surface area (Å²) in [7, 11) is 7.65. The van der Waals surface area contributed by atoms with Gasteiger partial charge in [-0.05, 0) is 51.6 Å². The Hall–Kier alpha value is -1.13. The van der Waals surface area contributed by atoms with E-state index in [0.29, 0.717) is 13.1 Å². The molecule has 0 spiro atoms. The molecule has 2 rings (SSSR count). The predicted octanol–water partition coefficient (Wildman–Crippen LogP) is 2.96. The van der Waals surface area contributed by atoms with Gasteiger partial charge in [-0.2, -0.15) is 0 Å². The third-order valence-corrected chi connectivity index (χ3v) is 5.23. The van der Waals surface area contributed by atoms with Crippen LogP contribution in [0.15, 0.2) is 23.2 Å². The summed E-state index contributed by atoms with van der Waals surface area (Å²) in [5, 5.41) is 3.34. The smallest absolute Gasteiger partial charge is 0.194 e. The van der Waals surface area contributed by atoms with Crippen molar-refractivity contribution in [2.75, 3.05) is 54.6 Å². The van der Waals surface area contributed by atoms with Gasteiger partial charge in [-0.3, -0.25) is 4.99 Å². The molecule has 1 aromatic carbocycles. The van der Waals surface area contributed by atoms with Crippen molar-refractivity contribution in [1.82, 2.24) is 15.1 Å². The van der Waals surface area contributed by atoms with Crippen LogP contribution in [0.4, 0.5) is 4.39 Å². The van der Waals surface area contributed by atoms with Gasteiger partial charge in [-0.1, -0.05) is 6.07 Å². The van der Waals surface area contributed by atoms with E-state index in [9.17, 15) is 4.39 Å². The van der Waals surface area contributed by atoms with Gasteiger partial charge in [0.25, 0.3) is 0 Å². The third kappa shape index (κ3) is 6.45. The molecule has 0 aliphatic carbocycles. The first kappa shape index (κ1) is 24.9. The second kappa shape index (κ2) is 11.8. The zero-order valence-corrected chi connectivity index (χ0v) is 20.0. The summed E-state index contributed by atoms with van der Waals surface area (Å²) >= 11 is 0. The van der Waals surface area contributed by atoms with Crippen LogP contribution in [0.25, 0.3) is 0 Å². The van der Waals surface area contributed by atoms with Crippen molar-refractivity contribution >= 4 is 29.9 Å². The molecular formula is C20H34FIN4O2. The first-order chi connectivity index (χ1) is 12.9. The monoisotopic (exact) mass is 508 g/mol. The topological polar surface area (TPSA) is 49.3 Å². The van der Waals surface area contributed by atoms with E-state index in [1.807, 2.05) is 24.9 Å². The Morgan fingerprint density at radius 3 is 2.50 bits per heavy atom. The number of ether oxygens (including phenoxy) is 2. The zero-order valence-electron chi connectivity index (χ0n) is 17.6. The van der Waals surface area contributed by atoms with E-state index in [1.54, 1.807) is 6.07 Å². The molecule has 160 valence electrons. The maximum absolute atomic E-state index is 14.0. The molecule has 0 unspecified atom stereocenters. The SMILES string of the molecule is CCNC(=NCC1(N(C)C)CCOCC1)N(C)Cc1ccc(OC)c(F)c1.I. The fourth-order valence-corrected chi connectivity index (χ4v) is 3.35. The van der Waals surface area contributed by atoms with Gasteiger partial charge >= 0.3 is 0 Å². The van der Waals surface area contributed by atoms with E-state index in [4.69, 9.17) is 14.5 Å². The van der Waals surface area contributed by atoms with E-state index in [1.165, 1.54) is 13.2 Å². The van der Waals surface area contributed by atoms with E-state index in [0.717, 1.165) is 44.1 Å². The van der Waals surface area contributed by atoms with Gasteiger partial charge in [0.15, 0.2) is 17.5 Å². The lowest BCUT2D eigenvalue weighted by molar-refractivity contribution is -0.00262. The summed E-state index contributed by atoms with van der Waals surface area (Å²) in [5.74, 6) is 0.731. The maximum atomic E-state index is 14.0. The quantitative estimate of drug-likeness (QED) is 0.349. The molecule has 1 fully saturated rings. The molecule has 0 saturated carbocycles. The summed E-state index contributed by atoms with van der Waals surface area (Å²) in [4.78, 5) is 9.19. The molecule has 0 aromatic heterocycles. The first-order valence-electron chi connectivity index (χ1n) is 9.49. The van der Waals surface area contributed by atoms with Crippen LogP contribution in [0, 0.1) is 5.82 Å². The zero-order chi connectivity index (χ0) is 19.9. The number of halogens is 2. The number of likely N-dealkylation sites (N-methyl/N-ethyl adjacent to an activating group) is 1. The summed E-state index contributed by atoms with van der Waals surface area (Å²) < 4.78 is 24.5. The van der Waals surface area contributed by atoms with Crippen LogP contribution in [0.3, 0.4) is 0 Å². The highest BCUT2D eigenvalue weighted by Crippen LogP contribution is 2.26. The molecule has 1 aromatic rings. The Morgan fingerprint density at radius 1 is 1.29 bits per heavy atom. The van der Waals surface area contributed by atoms with Crippen LogP contribution in [-0.4, -0.2) is 75.9 Å². The van der Waals surface area contributed by atoms with Crippen molar-refractivity contribution in [3.63, 3.8) is 0 Å². The van der Waals surface area contributed by atoms with Crippen LogP contribution in [0.5, 0.6) is 5.75 Å². The molecule has 0 radical (unpaired) electrons. The molecular weight excluding hydrogens is 474 g/mol. The second-order valence-electron chi connectivity index (χ2n) is 7.23. The summed E-state index contributed by atoms with van der Waals surface area (Å²) in [6, 6.07) is 5.05. The van der Waals surface area contributed by atoms with E-state index in [-0.39, 0.29) is 41.1 Å². The van der Waals surface area contributed by atoms with E-state index < -0.39 is 0 Å². The molecule has 6 nitrogen and oxygen atoms in total. The van der Waals surface area contributed by atoms with Crippen molar-refractivity contribution in [2.24, 2.45) is 4.99 Å². The number of benzene rings is 1. The largest absolute Gasteiger partial charge is 0.494 e. The molecule has 28 heavy (non-hydrogen) atoms. The lowest BCUT2D eigenvalue weighted by Gasteiger charge is -2.42. The lowest BCUT2D eigenvalue weighted by Crippen LogP contribution is -2.51. The fraction of sp³-hybridized carbons (Fsp3) is 0.650.